The van der Waals surface area contributed by atoms with E-state index in [0.29, 0.717) is 5.02 Å². The highest BCUT2D eigenvalue weighted by molar-refractivity contribution is 6.30. The Balaban J connectivity index is 2.54. The lowest BCUT2D eigenvalue weighted by molar-refractivity contribution is 0.251. The topological polar surface area (TPSA) is 29.5 Å². The van der Waals surface area contributed by atoms with Crippen LogP contribution >= 0.6 is 11.6 Å². The van der Waals surface area contributed by atoms with Crippen molar-refractivity contribution in [2.24, 2.45) is 0 Å². The van der Waals surface area contributed by atoms with Gasteiger partial charge in [-0.2, -0.15) is 0 Å². The van der Waals surface area contributed by atoms with Crippen LogP contribution in [0.15, 0.2) is 12.1 Å². The molecule has 82 valence electrons. The molecule has 0 amide bonds. The maximum atomic E-state index is 9.41. The van der Waals surface area contributed by atoms with Crippen molar-refractivity contribution in [3.8, 4) is 5.75 Å². The van der Waals surface area contributed by atoms with E-state index in [2.05, 4.69) is 0 Å². The van der Waals surface area contributed by atoms with Gasteiger partial charge in [0.1, 0.15) is 5.75 Å². The van der Waals surface area contributed by atoms with Crippen molar-refractivity contribution in [2.75, 3.05) is 13.7 Å². The van der Waals surface area contributed by atoms with Crippen LogP contribution in [-0.2, 0) is 5.41 Å². The summed E-state index contributed by atoms with van der Waals surface area (Å²) >= 11 is 6.03. The second-order valence-electron chi connectivity index (χ2n) is 4.24. The van der Waals surface area contributed by atoms with Gasteiger partial charge in [-0.25, -0.2) is 0 Å². The van der Waals surface area contributed by atoms with Gasteiger partial charge in [-0.3, -0.25) is 0 Å². The molecule has 0 saturated heterocycles. The molecule has 0 aromatic heterocycles. The molecule has 1 N–H and O–H groups in total. The Morgan fingerprint density at radius 1 is 1.47 bits per heavy atom. The van der Waals surface area contributed by atoms with Crippen molar-refractivity contribution in [3.63, 3.8) is 0 Å². The average molecular weight is 227 g/mol. The first-order valence-corrected chi connectivity index (χ1v) is 5.46. The van der Waals surface area contributed by atoms with E-state index in [1.807, 2.05) is 19.1 Å². The molecule has 1 aromatic carbocycles. The molecule has 1 aliphatic carbocycles. The molecular weight excluding hydrogens is 212 g/mol. The Kier molecular flexibility index (Phi) is 2.65. The molecule has 0 unspecified atom stereocenters. The number of aliphatic hydroxyl groups is 1. The smallest absolute Gasteiger partial charge is 0.125 e. The maximum absolute atomic E-state index is 9.41. The molecule has 3 heteroatoms. The van der Waals surface area contributed by atoms with E-state index in [0.717, 1.165) is 29.7 Å². The third kappa shape index (κ3) is 1.72. The molecule has 1 saturated carbocycles. The van der Waals surface area contributed by atoms with Crippen LogP contribution < -0.4 is 4.74 Å². The molecule has 2 rings (SSSR count). The van der Waals surface area contributed by atoms with Crippen LogP contribution in [0.2, 0.25) is 5.02 Å². The minimum atomic E-state index is -0.0962. The Bertz CT molecular complexity index is 383. The van der Waals surface area contributed by atoms with Crippen molar-refractivity contribution in [1.82, 2.24) is 0 Å². The Hall–Kier alpha value is -0.730. The van der Waals surface area contributed by atoms with Gasteiger partial charge in [0.2, 0.25) is 0 Å². The number of aliphatic hydroxyl groups excluding tert-OH is 1. The summed E-state index contributed by atoms with van der Waals surface area (Å²) in [5.41, 5.74) is 1.98. The van der Waals surface area contributed by atoms with E-state index in [-0.39, 0.29) is 12.0 Å². The highest BCUT2D eigenvalue weighted by atomic mass is 35.5. The third-order valence-electron chi connectivity index (χ3n) is 3.17. The summed E-state index contributed by atoms with van der Waals surface area (Å²) in [7, 11) is 1.66. The fourth-order valence-corrected chi connectivity index (χ4v) is 2.33. The minimum Gasteiger partial charge on any atom is -0.496 e. The first kappa shape index (κ1) is 10.8. The second-order valence-corrected chi connectivity index (χ2v) is 4.68. The van der Waals surface area contributed by atoms with Gasteiger partial charge in [0.25, 0.3) is 0 Å². The Morgan fingerprint density at radius 3 is 2.60 bits per heavy atom. The van der Waals surface area contributed by atoms with Crippen LogP contribution in [-0.4, -0.2) is 18.8 Å². The molecular formula is C12H15ClO2. The van der Waals surface area contributed by atoms with E-state index >= 15 is 0 Å². The summed E-state index contributed by atoms with van der Waals surface area (Å²) < 4.78 is 5.39. The van der Waals surface area contributed by atoms with E-state index in [4.69, 9.17) is 16.3 Å². The number of methoxy groups -OCH3 is 1. The van der Waals surface area contributed by atoms with Crippen LogP contribution in [0, 0.1) is 6.92 Å². The minimum absolute atomic E-state index is 0.0962. The van der Waals surface area contributed by atoms with Crippen LogP contribution in [0.25, 0.3) is 0 Å². The zero-order chi connectivity index (χ0) is 11.1. The molecule has 0 aliphatic heterocycles. The SMILES string of the molecule is COc1c(C)cc(Cl)cc1C1(CO)CC1. The molecule has 0 bridgehead atoms. The zero-order valence-corrected chi connectivity index (χ0v) is 9.77. The number of hydrogen-bond acceptors (Lipinski definition) is 2. The molecule has 1 aliphatic rings. The summed E-state index contributed by atoms with van der Waals surface area (Å²) in [5.74, 6) is 0.867. The Labute approximate surface area is 94.8 Å². The fourth-order valence-electron chi connectivity index (χ4n) is 2.06. The predicted octanol–water partition coefficient (Wildman–Crippen LogP) is 2.68. The number of halogens is 1. The molecule has 15 heavy (non-hydrogen) atoms. The highest BCUT2D eigenvalue weighted by Crippen LogP contribution is 2.52. The van der Waals surface area contributed by atoms with Crippen molar-refractivity contribution < 1.29 is 9.84 Å². The van der Waals surface area contributed by atoms with Gasteiger partial charge in [0, 0.05) is 16.0 Å². The summed E-state index contributed by atoms with van der Waals surface area (Å²) in [6.07, 6.45) is 2.03. The van der Waals surface area contributed by atoms with Gasteiger partial charge < -0.3 is 9.84 Å². The van der Waals surface area contributed by atoms with E-state index in [1.165, 1.54) is 0 Å². The Morgan fingerprint density at radius 2 is 2.13 bits per heavy atom. The molecule has 0 atom stereocenters. The van der Waals surface area contributed by atoms with Gasteiger partial charge in [-0.15, -0.1) is 0 Å². The zero-order valence-electron chi connectivity index (χ0n) is 9.01. The van der Waals surface area contributed by atoms with Gasteiger partial charge in [0.15, 0.2) is 0 Å². The van der Waals surface area contributed by atoms with Crippen LogP contribution in [0.3, 0.4) is 0 Å². The number of hydrogen-bond donors (Lipinski definition) is 1. The molecule has 0 radical (unpaired) electrons. The van der Waals surface area contributed by atoms with Gasteiger partial charge in [-0.05, 0) is 37.5 Å². The van der Waals surface area contributed by atoms with E-state index < -0.39 is 0 Å². The molecule has 0 heterocycles. The average Bonchev–Trinajstić information content (AvgIpc) is 2.97. The van der Waals surface area contributed by atoms with Crippen molar-refractivity contribution in [1.29, 1.82) is 0 Å². The van der Waals surface area contributed by atoms with Crippen LogP contribution in [0.5, 0.6) is 5.75 Å². The highest BCUT2D eigenvalue weighted by Gasteiger charge is 2.46. The van der Waals surface area contributed by atoms with Crippen LogP contribution in [0.4, 0.5) is 0 Å². The summed E-state index contributed by atoms with van der Waals surface area (Å²) in [5, 5.41) is 10.1. The largest absolute Gasteiger partial charge is 0.496 e. The first-order chi connectivity index (χ1) is 7.13. The number of ether oxygens (including phenoxy) is 1. The van der Waals surface area contributed by atoms with Crippen molar-refractivity contribution in [3.05, 3.63) is 28.3 Å². The summed E-state index contributed by atoms with van der Waals surface area (Å²) in [6.45, 7) is 2.14. The van der Waals surface area contributed by atoms with Gasteiger partial charge >= 0.3 is 0 Å². The molecule has 0 spiro atoms. The lowest BCUT2D eigenvalue weighted by atomic mass is 9.94. The number of rotatable bonds is 3. The second kappa shape index (κ2) is 3.69. The maximum Gasteiger partial charge on any atom is 0.125 e. The normalized spacial score (nSPS) is 17.6. The first-order valence-electron chi connectivity index (χ1n) is 5.08. The summed E-state index contributed by atoms with van der Waals surface area (Å²) in [4.78, 5) is 0. The predicted molar refractivity (Wildman–Crippen MR) is 60.7 cm³/mol. The van der Waals surface area contributed by atoms with Gasteiger partial charge in [0.05, 0.1) is 13.7 Å². The molecule has 1 fully saturated rings. The van der Waals surface area contributed by atoms with Crippen molar-refractivity contribution >= 4 is 11.6 Å². The van der Waals surface area contributed by atoms with Crippen LogP contribution in [0.1, 0.15) is 24.0 Å². The van der Waals surface area contributed by atoms with E-state index in [1.54, 1.807) is 7.11 Å². The summed E-state index contributed by atoms with van der Waals surface area (Å²) in [6, 6.07) is 3.80. The molecule has 2 nitrogen and oxygen atoms in total. The number of aryl methyl sites for hydroxylation is 1. The standard InChI is InChI=1S/C12H15ClO2/c1-8-5-9(13)6-10(11(8)15-2)12(7-14)3-4-12/h5-6,14H,3-4,7H2,1-2H3. The number of benzene rings is 1. The van der Waals surface area contributed by atoms with E-state index in [9.17, 15) is 5.11 Å². The lowest BCUT2D eigenvalue weighted by Crippen LogP contribution is -2.14. The third-order valence-corrected chi connectivity index (χ3v) is 3.39. The van der Waals surface area contributed by atoms with Crippen molar-refractivity contribution in [2.45, 2.75) is 25.2 Å². The monoisotopic (exact) mass is 226 g/mol. The quantitative estimate of drug-likeness (QED) is 0.859. The lowest BCUT2D eigenvalue weighted by Gasteiger charge is -2.18. The molecule has 1 aromatic rings. The fraction of sp³-hybridized carbons (Fsp3) is 0.500. The van der Waals surface area contributed by atoms with Gasteiger partial charge in [-0.1, -0.05) is 11.6 Å².